The Morgan fingerprint density at radius 2 is 2.53 bits per heavy atom. The van der Waals surface area contributed by atoms with E-state index in [0.717, 1.165) is 24.4 Å². The molecule has 1 unspecified atom stereocenters. The molecule has 0 saturated carbocycles. The van der Waals surface area contributed by atoms with Crippen molar-refractivity contribution < 1.29 is 0 Å². The summed E-state index contributed by atoms with van der Waals surface area (Å²) >= 11 is 1.74. The van der Waals surface area contributed by atoms with Gasteiger partial charge in [-0.2, -0.15) is 5.10 Å². The maximum absolute atomic E-state index is 4.43. The second-order valence-corrected chi connectivity index (χ2v) is 4.65. The molecule has 1 N–H and O–H groups in total. The first-order valence-electron chi connectivity index (χ1n) is 5.00. The lowest BCUT2D eigenvalue weighted by molar-refractivity contribution is 0.542. The summed E-state index contributed by atoms with van der Waals surface area (Å²) in [6, 6.07) is 2.23. The van der Waals surface area contributed by atoms with E-state index in [1.165, 1.54) is 4.88 Å². The van der Waals surface area contributed by atoms with Crippen LogP contribution in [0.2, 0.25) is 0 Å². The molecule has 2 aromatic rings. The fraction of sp³-hybridized carbons (Fsp3) is 0.400. The van der Waals surface area contributed by atoms with Crippen molar-refractivity contribution in [2.24, 2.45) is 7.05 Å². The highest BCUT2D eigenvalue weighted by Gasteiger charge is 2.25. The molecule has 0 fully saturated rings. The van der Waals surface area contributed by atoms with E-state index in [4.69, 9.17) is 0 Å². The lowest BCUT2D eigenvalue weighted by atomic mass is 10.0. The van der Waals surface area contributed by atoms with E-state index < -0.39 is 0 Å². The topological polar surface area (TPSA) is 42.7 Å². The van der Waals surface area contributed by atoms with Gasteiger partial charge in [-0.15, -0.1) is 11.3 Å². The second kappa shape index (κ2) is 3.43. The molecule has 0 aliphatic carbocycles. The number of aryl methyl sites for hydroxylation is 1. The molecule has 3 rings (SSSR count). The first-order valence-corrected chi connectivity index (χ1v) is 5.88. The van der Waals surface area contributed by atoms with Crippen molar-refractivity contribution >= 4 is 11.3 Å². The lowest BCUT2D eigenvalue weighted by Gasteiger charge is -2.21. The van der Waals surface area contributed by atoms with Crippen molar-refractivity contribution in [3.05, 3.63) is 34.0 Å². The van der Waals surface area contributed by atoms with Gasteiger partial charge in [0.1, 0.15) is 0 Å². The van der Waals surface area contributed by atoms with Crippen LogP contribution in [-0.2, 0) is 13.5 Å². The molecule has 1 aliphatic heterocycles. The van der Waals surface area contributed by atoms with E-state index in [-0.39, 0.29) is 6.04 Å². The predicted octanol–water partition coefficient (Wildman–Crippen LogP) is 1.11. The van der Waals surface area contributed by atoms with E-state index in [2.05, 4.69) is 15.4 Å². The van der Waals surface area contributed by atoms with E-state index in [1.807, 2.05) is 29.5 Å². The molecule has 0 aromatic carbocycles. The summed E-state index contributed by atoms with van der Waals surface area (Å²) < 4.78 is 1.83. The Labute approximate surface area is 92.0 Å². The molecule has 3 heterocycles. The zero-order chi connectivity index (χ0) is 10.3. The molecule has 0 saturated heterocycles. The normalized spacial score (nSPS) is 20.2. The van der Waals surface area contributed by atoms with Crippen LogP contribution in [-0.4, -0.2) is 21.3 Å². The van der Waals surface area contributed by atoms with Crippen molar-refractivity contribution in [3.63, 3.8) is 0 Å². The Morgan fingerprint density at radius 1 is 1.60 bits per heavy atom. The van der Waals surface area contributed by atoms with Crippen molar-refractivity contribution in [3.8, 4) is 0 Å². The summed E-state index contributed by atoms with van der Waals surface area (Å²) in [5, 5.41) is 7.89. The molecule has 4 nitrogen and oxygen atoms in total. The highest BCUT2D eigenvalue weighted by molar-refractivity contribution is 7.09. The van der Waals surface area contributed by atoms with Gasteiger partial charge in [0, 0.05) is 24.7 Å². The largest absolute Gasteiger partial charge is 0.303 e. The molecule has 0 radical (unpaired) electrons. The van der Waals surface area contributed by atoms with Crippen LogP contribution in [0.4, 0.5) is 0 Å². The minimum Gasteiger partial charge on any atom is -0.303 e. The van der Waals surface area contributed by atoms with E-state index in [9.17, 15) is 0 Å². The van der Waals surface area contributed by atoms with Crippen LogP contribution in [0, 0.1) is 0 Å². The van der Waals surface area contributed by atoms with Gasteiger partial charge in [-0.05, 0) is 12.5 Å². The molecule has 15 heavy (non-hydrogen) atoms. The molecule has 2 aromatic heterocycles. The summed E-state index contributed by atoms with van der Waals surface area (Å²) in [6.45, 7) is 1.01. The van der Waals surface area contributed by atoms with Crippen LogP contribution in [0.1, 0.15) is 22.3 Å². The summed E-state index contributed by atoms with van der Waals surface area (Å²) in [7, 11) is 1.94. The molecule has 0 bridgehead atoms. The zero-order valence-corrected chi connectivity index (χ0v) is 9.29. The van der Waals surface area contributed by atoms with Gasteiger partial charge in [0.25, 0.3) is 0 Å². The monoisotopic (exact) mass is 220 g/mol. The van der Waals surface area contributed by atoms with E-state index >= 15 is 0 Å². The van der Waals surface area contributed by atoms with Gasteiger partial charge in [0.15, 0.2) is 0 Å². The number of nitrogens with one attached hydrogen (secondary N) is 1. The molecular weight excluding hydrogens is 208 g/mol. The molecular formula is C10H12N4S. The second-order valence-electron chi connectivity index (χ2n) is 3.71. The number of fused-ring (bicyclic) bond motifs is 1. The van der Waals surface area contributed by atoms with Crippen LogP contribution in [0.15, 0.2) is 17.8 Å². The van der Waals surface area contributed by atoms with E-state index in [0.29, 0.717) is 0 Å². The average Bonchev–Trinajstić information content (AvgIpc) is 2.84. The SMILES string of the molecule is Cn1ccc(C2NCCc3scnc32)n1. The minimum atomic E-state index is 0.182. The van der Waals surface area contributed by atoms with Crippen LogP contribution >= 0.6 is 11.3 Å². The number of hydrogen-bond acceptors (Lipinski definition) is 4. The quantitative estimate of drug-likeness (QED) is 0.783. The summed E-state index contributed by atoms with van der Waals surface area (Å²) in [5.74, 6) is 0. The van der Waals surface area contributed by atoms with Crippen LogP contribution in [0.25, 0.3) is 0 Å². The first-order chi connectivity index (χ1) is 7.34. The van der Waals surface area contributed by atoms with Gasteiger partial charge in [-0.3, -0.25) is 4.68 Å². The lowest BCUT2D eigenvalue weighted by Crippen LogP contribution is -2.30. The summed E-state index contributed by atoms with van der Waals surface area (Å²) in [6.07, 6.45) is 3.06. The Hall–Kier alpha value is -1.20. The fourth-order valence-electron chi connectivity index (χ4n) is 1.96. The number of hydrogen-bond donors (Lipinski definition) is 1. The standard InChI is InChI=1S/C10H12N4S/c1-14-5-3-7(13-14)9-10-8(2-4-11-9)15-6-12-10/h3,5-6,9,11H,2,4H2,1H3. The zero-order valence-electron chi connectivity index (χ0n) is 8.47. The number of aromatic nitrogens is 3. The highest BCUT2D eigenvalue weighted by atomic mass is 32.1. The predicted molar refractivity (Wildman–Crippen MR) is 58.9 cm³/mol. The molecule has 5 heteroatoms. The minimum absolute atomic E-state index is 0.182. The Bertz CT molecular complexity index is 473. The van der Waals surface area contributed by atoms with E-state index in [1.54, 1.807) is 11.3 Å². The number of rotatable bonds is 1. The van der Waals surface area contributed by atoms with Gasteiger partial charge < -0.3 is 5.32 Å². The van der Waals surface area contributed by atoms with Gasteiger partial charge in [0.05, 0.1) is 22.9 Å². The average molecular weight is 220 g/mol. The van der Waals surface area contributed by atoms with Crippen molar-refractivity contribution in [1.29, 1.82) is 0 Å². The van der Waals surface area contributed by atoms with Crippen molar-refractivity contribution in [2.45, 2.75) is 12.5 Å². The smallest absolute Gasteiger partial charge is 0.0955 e. The number of thiazole rings is 1. The number of nitrogens with zero attached hydrogens (tertiary/aromatic N) is 3. The van der Waals surface area contributed by atoms with Crippen LogP contribution in [0.5, 0.6) is 0 Å². The maximum atomic E-state index is 4.43. The molecule has 0 amide bonds. The summed E-state index contributed by atoms with van der Waals surface area (Å²) in [5.41, 5.74) is 4.14. The third-order valence-corrected chi connectivity index (χ3v) is 3.59. The van der Waals surface area contributed by atoms with Crippen LogP contribution in [0.3, 0.4) is 0 Å². The van der Waals surface area contributed by atoms with Crippen molar-refractivity contribution in [2.75, 3.05) is 6.54 Å². The van der Waals surface area contributed by atoms with Crippen molar-refractivity contribution in [1.82, 2.24) is 20.1 Å². The third kappa shape index (κ3) is 1.48. The molecule has 78 valence electrons. The Kier molecular flexibility index (Phi) is 2.07. The fourth-order valence-corrected chi connectivity index (χ4v) is 2.76. The third-order valence-electron chi connectivity index (χ3n) is 2.68. The molecule has 0 spiro atoms. The van der Waals surface area contributed by atoms with Gasteiger partial charge in [-0.1, -0.05) is 0 Å². The van der Waals surface area contributed by atoms with Gasteiger partial charge in [0.2, 0.25) is 0 Å². The molecule has 1 atom stereocenters. The Balaban J connectivity index is 2.02. The highest BCUT2D eigenvalue weighted by Crippen LogP contribution is 2.28. The van der Waals surface area contributed by atoms with Gasteiger partial charge >= 0.3 is 0 Å². The first kappa shape index (κ1) is 9.06. The van der Waals surface area contributed by atoms with Gasteiger partial charge in [-0.25, -0.2) is 4.98 Å². The maximum Gasteiger partial charge on any atom is 0.0955 e. The van der Waals surface area contributed by atoms with Crippen LogP contribution < -0.4 is 5.32 Å². The molecule has 1 aliphatic rings. The summed E-state index contributed by atoms with van der Waals surface area (Å²) in [4.78, 5) is 5.82. The Morgan fingerprint density at radius 3 is 3.33 bits per heavy atom.